The van der Waals surface area contributed by atoms with Crippen molar-refractivity contribution < 1.29 is 17.6 Å². The van der Waals surface area contributed by atoms with Gasteiger partial charge in [-0.05, 0) is 32.0 Å². The number of nitrogens with one attached hydrogen (secondary N) is 2. The Labute approximate surface area is 152 Å². The third-order valence-electron chi connectivity index (χ3n) is 4.08. The number of hydrogen-bond acceptors (Lipinski definition) is 4. The van der Waals surface area contributed by atoms with E-state index in [4.69, 9.17) is 4.42 Å². The van der Waals surface area contributed by atoms with Crippen molar-refractivity contribution >= 4 is 26.9 Å². The number of furan rings is 1. The van der Waals surface area contributed by atoms with Crippen LogP contribution in [0.5, 0.6) is 0 Å². The summed E-state index contributed by atoms with van der Waals surface area (Å²) in [6.07, 6.45) is 0. The lowest BCUT2D eigenvalue weighted by Gasteiger charge is -2.08. The maximum atomic E-state index is 12.3. The number of carbonyl (C=O) groups excluding carboxylic acids is 1. The van der Waals surface area contributed by atoms with E-state index in [9.17, 15) is 13.2 Å². The highest BCUT2D eigenvalue weighted by atomic mass is 32.2. The van der Waals surface area contributed by atoms with Gasteiger partial charge in [-0.2, -0.15) is 0 Å². The highest BCUT2D eigenvalue weighted by Crippen LogP contribution is 2.24. The molecule has 2 N–H and O–H groups in total. The molecule has 0 aliphatic carbocycles. The van der Waals surface area contributed by atoms with Crippen LogP contribution in [-0.4, -0.2) is 27.4 Å². The third-order valence-corrected chi connectivity index (χ3v) is 5.56. The minimum atomic E-state index is -3.59. The van der Waals surface area contributed by atoms with Gasteiger partial charge in [0.25, 0.3) is 5.91 Å². The molecule has 0 aliphatic rings. The highest BCUT2D eigenvalue weighted by molar-refractivity contribution is 7.89. The summed E-state index contributed by atoms with van der Waals surface area (Å²) in [6.45, 7) is 3.95. The Kier molecular flexibility index (Phi) is 5.11. The second kappa shape index (κ2) is 7.31. The molecular formula is C19H20N2O4S. The molecule has 0 aliphatic heterocycles. The number of hydrogen-bond donors (Lipinski definition) is 2. The van der Waals surface area contributed by atoms with Crippen LogP contribution in [0.3, 0.4) is 0 Å². The molecule has 0 radical (unpaired) electrons. The SMILES string of the molecule is Cc1ccc(S(=O)(=O)NCCNC(=O)c2oc3ccccc3c2C)cc1. The lowest BCUT2D eigenvalue weighted by molar-refractivity contribution is 0.0928. The molecular weight excluding hydrogens is 352 g/mol. The molecule has 3 rings (SSSR count). The van der Waals surface area contributed by atoms with Gasteiger partial charge in [-0.25, -0.2) is 13.1 Å². The molecule has 136 valence electrons. The van der Waals surface area contributed by atoms with E-state index in [0.29, 0.717) is 5.58 Å². The number of para-hydroxylation sites is 1. The van der Waals surface area contributed by atoms with Crippen molar-refractivity contribution in [3.05, 3.63) is 65.4 Å². The number of aryl methyl sites for hydroxylation is 2. The van der Waals surface area contributed by atoms with E-state index in [1.807, 2.05) is 32.0 Å². The molecule has 0 bridgehead atoms. The molecule has 6 nitrogen and oxygen atoms in total. The molecule has 0 saturated carbocycles. The average molecular weight is 372 g/mol. The smallest absolute Gasteiger partial charge is 0.287 e. The lowest BCUT2D eigenvalue weighted by Crippen LogP contribution is -2.34. The molecule has 1 amide bonds. The van der Waals surface area contributed by atoms with Crippen LogP contribution < -0.4 is 10.0 Å². The average Bonchev–Trinajstić information content (AvgIpc) is 2.96. The number of rotatable bonds is 6. The van der Waals surface area contributed by atoms with Gasteiger partial charge in [0.2, 0.25) is 10.0 Å². The normalized spacial score (nSPS) is 11.6. The quantitative estimate of drug-likeness (QED) is 0.651. The molecule has 0 spiro atoms. The summed E-state index contributed by atoms with van der Waals surface area (Å²) < 4.78 is 32.4. The van der Waals surface area contributed by atoms with Crippen LogP contribution in [0, 0.1) is 13.8 Å². The van der Waals surface area contributed by atoms with Gasteiger partial charge in [-0.15, -0.1) is 0 Å². The van der Waals surface area contributed by atoms with Crippen LogP contribution in [0.15, 0.2) is 57.8 Å². The zero-order chi connectivity index (χ0) is 18.7. The fraction of sp³-hybridized carbons (Fsp3) is 0.211. The number of benzene rings is 2. The maximum Gasteiger partial charge on any atom is 0.287 e. The molecule has 3 aromatic rings. The van der Waals surface area contributed by atoms with E-state index in [0.717, 1.165) is 16.5 Å². The van der Waals surface area contributed by atoms with Gasteiger partial charge in [0.1, 0.15) is 5.58 Å². The van der Waals surface area contributed by atoms with Crippen molar-refractivity contribution in [1.82, 2.24) is 10.0 Å². The second-order valence-corrected chi connectivity index (χ2v) is 7.79. The molecule has 0 saturated heterocycles. The summed E-state index contributed by atoms with van der Waals surface area (Å²) in [6, 6.07) is 14.0. The Bertz CT molecular complexity index is 1040. The van der Waals surface area contributed by atoms with Crippen molar-refractivity contribution in [3.63, 3.8) is 0 Å². The summed E-state index contributed by atoms with van der Waals surface area (Å²) in [5, 5.41) is 3.56. The van der Waals surface area contributed by atoms with Crippen molar-refractivity contribution in [1.29, 1.82) is 0 Å². The van der Waals surface area contributed by atoms with Gasteiger partial charge in [0.15, 0.2) is 5.76 Å². The van der Waals surface area contributed by atoms with E-state index in [1.165, 1.54) is 0 Å². The van der Waals surface area contributed by atoms with Gasteiger partial charge in [0, 0.05) is 24.0 Å². The minimum absolute atomic E-state index is 0.0845. The van der Waals surface area contributed by atoms with Crippen molar-refractivity contribution in [3.8, 4) is 0 Å². The first kappa shape index (κ1) is 18.2. The molecule has 0 atom stereocenters. The van der Waals surface area contributed by atoms with Crippen LogP contribution >= 0.6 is 0 Å². The predicted octanol–water partition coefficient (Wildman–Crippen LogP) is 2.76. The Balaban J connectivity index is 1.58. The first-order chi connectivity index (χ1) is 12.4. The second-order valence-electron chi connectivity index (χ2n) is 6.02. The summed E-state index contributed by atoms with van der Waals surface area (Å²) >= 11 is 0. The Morgan fingerprint density at radius 3 is 2.38 bits per heavy atom. The molecule has 1 heterocycles. The third kappa shape index (κ3) is 3.79. The minimum Gasteiger partial charge on any atom is -0.451 e. The summed E-state index contributed by atoms with van der Waals surface area (Å²) in [4.78, 5) is 12.5. The van der Waals surface area contributed by atoms with Crippen LogP contribution in [0.4, 0.5) is 0 Å². The largest absolute Gasteiger partial charge is 0.451 e. The Hall–Kier alpha value is -2.64. The maximum absolute atomic E-state index is 12.3. The standard InChI is InChI=1S/C19H20N2O4S/c1-13-7-9-15(10-8-13)26(23,24)21-12-11-20-19(22)18-14(2)16-5-3-4-6-17(16)25-18/h3-10,21H,11-12H2,1-2H3,(H,20,22). The van der Waals surface area contributed by atoms with Crippen LogP contribution in [-0.2, 0) is 10.0 Å². The van der Waals surface area contributed by atoms with E-state index in [-0.39, 0.29) is 29.7 Å². The van der Waals surface area contributed by atoms with E-state index in [1.54, 1.807) is 30.3 Å². The fourth-order valence-electron chi connectivity index (χ4n) is 2.63. The van der Waals surface area contributed by atoms with Crippen LogP contribution in [0.2, 0.25) is 0 Å². The first-order valence-corrected chi connectivity index (χ1v) is 9.69. The topological polar surface area (TPSA) is 88.4 Å². The van der Waals surface area contributed by atoms with Crippen molar-refractivity contribution in [2.45, 2.75) is 18.7 Å². The monoisotopic (exact) mass is 372 g/mol. The highest BCUT2D eigenvalue weighted by Gasteiger charge is 2.17. The van der Waals surface area contributed by atoms with Crippen molar-refractivity contribution in [2.75, 3.05) is 13.1 Å². The molecule has 2 aromatic carbocycles. The molecule has 26 heavy (non-hydrogen) atoms. The zero-order valence-electron chi connectivity index (χ0n) is 14.6. The summed E-state index contributed by atoms with van der Waals surface area (Å²) in [5.74, 6) is -0.124. The molecule has 7 heteroatoms. The molecule has 1 aromatic heterocycles. The van der Waals surface area contributed by atoms with Gasteiger partial charge in [-0.3, -0.25) is 4.79 Å². The summed E-state index contributed by atoms with van der Waals surface area (Å²) in [5.41, 5.74) is 2.39. The van der Waals surface area contributed by atoms with Crippen LogP contribution in [0.1, 0.15) is 21.7 Å². The van der Waals surface area contributed by atoms with Gasteiger partial charge < -0.3 is 9.73 Å². The molecule has 0 unspecified atom stereocenters. The fourth-order valence-corrected chi connectivity index (χ4v) is 3.67. The van der Waals surface area contributed by atoms with E-state index >= 15 is 0 Å². The van der Waals surface area contributed by atoms with E-state index < -0.39 is 10.0 Å². The number of fused-ring (bicyclic) bond motifs is 1. The Morgan fingerprint density at radius 1 is 1.00 bits per heavy atom. The number of carbonyl (C=O) groups is 1. The predicted molar refractivity (Wildman–Crippen MR) is 99.7 cm³/mol. The van der Waals surface area contributed by atoms with Gasteiger partial charge >= 0.3 is 0 Å². The zero-order valence-corrected chi connectivity index (χ0v) is 15.4. The number of sulfonamides is 1. The lowest BCUT2D eigenvalue weighted by atomic mass is 10.1. The number of amides is 1. The van der Waals surface area contributed by atoms with Gasteiger partial charge in [0.05, 0.1) is 4.90 Å². The first-order valence-electron chi connectivity index (χ1n) is 8.21. The van der Waals surface area contributed by atoms with Crippen molar-refractivity contribution in [2.24, 2.45) is 0 Å². The summed E-state index contributed by atoms with van der Waals surface area (Å²) in [7, 11) is -3.59. The molecule has 0 fully saturated rings. The van der Waals surface area contributed by atoms with Gasteiger partial charge in [-0.1, -0.05) is 35.9 Å². The Morgan fingerprint density at radius 2 is 1.69 bits per heavy atom. The van der Waals surface area contributed by atoms with Crippen LogP contribution in [0.25, 0.3) is 11.0 Å². The van der Waals surface area contributed by atoms with E-state index in [2.05, 4.69) is 10.0 Å².